The lowest BCUT2D eigenvalue weighted by Crippen LogP contribution is -2.35. The molecule has 0 saturated carbocycles. The molecule has 1 aromatic carbocycles. The van der Waals surface area contributed by atoms with Crippen LogP contribution in [-0.4, -0.2) is 52.8 Å². The van der Waals surface area contributed by atoms with Gasteiger partial charge in [0.25, 0.3) is 0 Å². The van der Waals surface area contributed by atoms with Crippen LogP contribution in [0.2, 0.25) is 0 Å². The largest absolute Gasteiger partial charge is 0.383 e. The van der Waals surface area contributed by atoms with Gasteiger partial charge in [-0.05, 0) is 36.5 Å². The average molecular weight is 419 g/mol. The van der Waals surface area contributed by atoms with Gasteiger partial charge in [-0.15, -0.1) is 0 Å². The van der Waals surface area contributed by atoms with Gasteiger partial charge >= 0.3 is 0 Å². The Kier molecular flexibility index (Phi) is 6.21. The first-order valence-electron chi connectivity index (χ1n) is 10.8. The van der Waals surface area contributed by atoms with Gasteiger partial charge in [-0.3, -0.25) is 4.90 Å². The number of rotatable bonds is 7. The number of likely N-dealkylation sites (tertiary alicyclic amines) is 1. The summed E-state index contributed by atoms with van der Waals surface area (Å²) in [5.74, 6) is 0.870. The van der Waals surface area contributed by atoms with E-state index in [0.29, 0.717) is 12.6 Å². The quantitative estimate of drug-likeness (QED) is 0.578. The summed E-state index contributed by atoms with van der Waals surface area (Å²) in [6.07, 6.45) is 6.68. The second kappa shape index (κ2) is 9.04. The molecule has 0 bridgehead atoms. The van der Waals surface area contributed by atoms with Crippen molar-refractivity contribution in [3.63, 3.8) is 0 Å². The summed E-state index contributed by atoms with van der Waals surface area (Å²) in [4.78, 5) is 13.4. The number of aromatic nitrogens is 3. The van der Waals surface area contributed by atoms with Crippen LogP contribution >= 0.6 is 0 Å². The number of aryl methyl sites for hydroxylation is 2. The van der Waals surface area contributed by atoms with Crippen LogP contribution in [0.25, 0.3) is 11.0 Å². The maximum absolute atomic E-state index is 9.99. The van der Waals surface area contributed by atoms with Gasteiger partial charge in [-0.1, -0.05) is 19.1 Å². The van der Waals surface area contributed by atoms with E-state index in [2.05, 4.69) is 57.0 Å². The second-order valence-corrected chi connectivity index (χ2v) is 8.21. The smallest absolute Gasteiger partial charge is 0.134 e. The van der Waals surface area contributed by atoms with E-state index in [9.17, 15) is 5.26 Å². The van der Waals surface area contributed by atoms with Crippen molar-refractivity contribution >= 4 is 22.5 Å². The van der Waals surface area contributed by atoms with E-state index in [1.807, 2.05) is 24.9 Å². The molecule has 1 saturated heterocycles. The molecule has 3 heterocycles. The van der Waals surface area contributed by atoms with Crippen LogP contribution in [0.15, 0.2) is 36.8 Å². The molecule has 7 nitrogen and oxygen atoms in total. The summed E-state index contributed by atoms with van der Waals surface area (Å²) in [7, 11) is 5.76. The van der Waals surface area contributed by atoms with E-state index in [-0.39, 0.29) is 6.04 Å². The number of nitriles is 1. The van der Waals surface area contributed by atoms with Crippen LogP contribution in [0.1, 0.15) is 36.9 Å². The first-order valence-corrected chi connectivity index (χ1v) is 10.8. The molecule has 1 fully saturated rings. The van der Waals surface area contributed by atoms with Crippen molar-refractivity contribution in [2.45, 2.75) is 38.3 Å². The SMILES string of the molecule is CCc1cc(C(C#N)N2CCCC2COC)ccc1N(C)c1cc2c(cn1)ncn2C. The zero-order valence-corrected chi connectivity index (χ0v) is 18.7. The Hall–Kier alpha value is -2.95. The highest BCUT2D eigenvalue weighted by Gasteiger charge is 2.32. The number of fused-ring (bicyclic) bond motifs is 1. The lowest BCUT2D eigenvalue weighted by Gasteiger charge is -2.29. The normalized spacial score (nSPS) is 17.7. The van der Waals surface area contributed by atoms with Gasteiger partial charge < -0.3 is 14.2 Å². The topological polar surface area (TPSA) is 70.2 Å². The van der Waals surface area contributed by atoms with E-state index >= 15 is 0 Å². The Morgan fingerprint density at radius 2 is 2.16 bits per heavy atom. The van der Waals surface area contributed by atoms with E-state index in [1.54, 1.807) is 13.4 Å². The minimum atomic E-state index is -0.253. The van der Waals surface area contributed by atoms with Gasteiger partial charge in [-0.2, -0.15) is 5.26 Å². The van der Waals surface area contributed by atoms with Crippen LogP contribution in [0.3, 0.4) is 0 Å². The first-order chi connectivity index (χ1) is 15.1. The number of hydrogen-bond donors (Lipinski definition) is 0. The van der Waals surface area contributed by atoms with E-state index in [1.165, 1.54) is 5.56 Å². The zero-order chi connectivity index (χ0) is 22.0. The number of methoxy groups -OCH3 is 1. The molecule has 3 aromatic rings. The number of benzene rings is 1. The fraction of sp³-hybridized carbons (Fsp3) is 0.458. The van der Waals surface area contributed by atoms with Gasteiger partial charge in [0.15, 0.2) is 0 Å². The Morgan fingerprint density at radius 1 is 1.32 bits per heavy atom. The highest BCUT2D eigenvalue weighted by atomic mass is 16.5. The molecule has 0 N–H and O–H groups in total. The maximum atomic E-state index is 9.99. The highest BCUT2D eigenvalue weighted by Crippen LogP contribution is 2.34. The third-order valence-corrected chi connectivity index (χ3v) is 6.34. The number of anilines is 2. The number of hydrogen-bond acceptors (Lipinski definition) is 6. The Morgan fingerprint density at radius 3 is 2.90 bits per heavy atom. The first kappa shape index (κ1) is 21.3. The van der Waals surface area contributed by atoms with Crippen molar-refractivity contribution in [2.24, 2.45) is 7.05 Å². The molecule has 4 rings (SSSR count). The van der Waals surface area contributed by atoms with Crippen LogP contribution in [0.5, 0.6) is 0 Å². The average Bonchev–Trinajstić information content (AvgIpc) is 3.40. The molecule has 0 radical (unpaired) electrons. The summed E-state index contributed by atoms with van der Waals surface area (Å²) in [5.41, 5.74) is 5.30. The van der Waals surface area contributed by atoms with E-state index < -0.39 is 0 Å². The Bertz CT molecular complexity index is 1100. The summed E-state index contributed by atoms with van der Waals surface area (Å²) < 4.78 is 7.40. The second-order valence-electron chi connectivity index (χ2n) is 8.21. The minimum Gasteiger partial charge on any atom is -0.383 e. The minimum absolute atomic E-state index is 0.253. The molecule has 1 aliphatic heterocycles. The van der Waals surface area contributed by atoms with E-state index in [0.717, 1.165) is 53.9 Å². The van der Waals surface area contributed by atoms with Crippen LogP contribution in [0, 0.1) is 11.3 Å². The van der Waals surface area contributed by atoms with Crippen molar-refractivity contribution in [1.29, 1.82) is 5.26 Å². The molecule has 0 amide bonds. The van der Waals surface area contributed by atoms with Crippen molar-refractivity contribution in [3.05, 3.63) is 47.9 Å². The summed E-state index contributed by atoms with van der Waals surface area (Å²) in [6, 6.07) is 11.0. The number of pyridine rings is 1. The Balaban J connectivity index is 1.65. The third kappa shape index (κ3) is 4.01. The molecular weight excluding hydrogens is 388 g/mol. The molecule has 162 valence electrons. The predicted octanol–water partition coefficient (Wildman–Crippen LogP) is 3.97. The van der Waals surface area contributed by atoms with Gasteiger partial charge in [-0.25, -0.2) is 9.97 Å². The summed E-state index contributed by atoms with van der Waals surface area (Å²) in [5, 5.41) is 9.99. The van der Waals surface area contributed by atoms with Gasteiger partial charge in [0, 0.05) is 45.5 Å². The van der Waals surface area contributed by atoms with Gasteiger partial charge in [0.05, 0.1) is 30.7 Å². The van der Waals surface area contributed by atoms with Crippen molar-refractivity contribution in [3.8, 4) is 6.07 Å². The number of nitrogens with zero attached hydrogens (tertiary/aromatic N) is 6. The van der Waals surface area contributed by atoms with Crippen molar-refractivity contribution < 1.29 is 4.74 Å². The standard InChI is InChI=1S/C24H30N6O/c1-5-17-11-18(23(13-25)30-10-6-7-19(30)15-31-4)8-9-21(17)29(3)24-12-22-20(14-26-24)27-16-28(22)2/h8-9,11-12,14,16,19,23H,5-7,10,15H2,1-4H3. The monoisotopic (exact) mass is 418 g/mol. The fourth-order valence-corrected chi connectivity index (χ4v) is 4.62. The summed E-state index contributed by atoms with van der Waals surface area (Å²) >= 11 is 0. The van der Waals surface area contributed by atoms with Crippen LogP contribution in [-0.2, 0) is 18.2 Å². The molecular formula is C24H30N6O. The molecule has 1 aliphatic rings. The molecule has 2 unspecified atom stereocenters. The zero-order valence-electron chi connectivity index (χ0n) is 18.7. The van der Waals surface area contributed by atoms with Crippen molar-refractivity contribution in [2.75, 3.05) is 32.2 Å². The molecule has 0 aliphatic carbocycles. The lowest BCUT2D eigenvalue weighted by molar-refractivity contribution is 0.102. The highest BCUT2D eigenvalue weighted by molar-refractivity contribution is 5.79. The Labute approximate surface area is 183 Å². The lowest BCUT2D eigenvalue weighted by atomic mass is 9.99. The summed E-state index contributed by atoms with van der Waals surface area (Å²) in [6.45, 7) is 3.75. The molecule has 2 atom stereocenters. The van der Waals surface area contributed by atoms with E-state index in [4.69, 9.17) is 4.74 Å². The number of imidazole rings is 1. The van der Waals surface area contributed by atoms with Crippen LogP contribution in [0.4, 0.5) is 11.5 Å². The van der Waals surface area contributed by atoms with Crippen LogP contribution < -0.4 is 4.90 Å². The molecule has 7 heteroatoms. The predicted molar refractivity (Wildman–Crippen MR) is 122 cm³/mol. The molecule has 2 aromatic heterocycles. The molecule has 31 heavy (non-hydrogen) atoms. The third-order valence-electron chi connectivity index (χ3n) is 6.34. The molecule has 0 spiro atoms. The van der Waals surface area contributed by atoms with Crippen molar-refractivity contribution in [1.82, 2.24) is 19.4 Å². The maximum Gasteiger partial charge on any atom is 0.134 e. The number of ether oxygens (including phenoxy) is 1. The van der Waals surface area contributed by atoms with Gasteiger partial charge in [0.2, 0.25) is 0 Å². The fourth-order valence-electron chi connectivity index (χ4n) is 4.62. The van der Waals surface area contributed by atoms with Gasteiger partial charge in [0.1, 0.15) is 17.4 Å².